The monoisotopic (exact) mass is 329 g/mol. The highest BCUT2D eigenvalue weighted by molar-refractivity contribution is 9.09. The molecule has 1 aromatic heterocycles. The van der Waals surface area contributed by atoms with Gasteiger partial charge in [-0.25, -0.2) is 0 Å². The largest absolute Gasteiger partial charge is 0.345 e. The van der Waals surface area contributed by atoms with E-state index in [1.807, 2.05) is 0 Å². The van der Waals surface area contributed by atoms with Crippen LogP contribution in [-0.2, 0) is 12.8 Å². The van der Waals surface area contributed by atoms with Crippen LogP contribution in [0.4, 0.5) is 0 Å². The second-order valence-corrected chi connectivity index (χ2v) is 6.97. The zero-order chi connectivity index (χ0) is 13.2. The molecule has 1 aliphatic rings. The van der Waals surface area contributed by atoms with E-state index >= 15 is 0 Å². The first-order valence-corrected chi connectivity index (χ1v) is 8.52. The van der Waals surface area contributed by atoms with Crippen LogP contribution >= 0.6 is 27.3 Å². The Morgan fingerprint density at radius 2 is 2.22 bits per heavy atom. The maximum atomic E-state index is 12.3. The van der Waals surface area contributed by atoms with Crippen molar-refractivity contribution < 1.29 is 4.79 Å². The Bertz CT molecular complexity index is 414. The first-order valence-electron chi connectivity index (χ1n) is 6.58. The van der Waals surface area contributed by atoms with E-state index in [9.17, 15) is 4.79 Å². The lowest BCUT2D eigenvalue weighted by molar-refractivity contribution is 0.0917. The van der Waals surface area contributed by atoms with Gasteiger partial charge < -0.3 is 5.32 Å². The molecule has 4 heteroatoms. The van der Waals surface area contributed by atoms with Gasteiger partial charge in [-0.2, -0.15) is 0 Å². The highest BCUT2D eigenvalue weighted by Gasteiger charge is 2.25. The first-order chi connectivity index (χ1) is 8.58. The molecule has 0 bridgehead atoms. The van der Waals surface area contributed by atoms with Crippen molar-refractivity contribution >= 4 is 33.2 Å². The van der Waals surface area contributed by atoms with Gasteiger partial charge in [-0.15, -0.1) is 11.3 Å². The van der Waals surface area contributed by atoms with Crippen molar-refractivity contribution in [3.63, 3.8) is 0 Å². The van der Waals surface area contributed by atoms with Crippen LogP contribution in [0.15, 0.2) is 6.07 Å². The Morgan fingerprint density at radius 3 is 2.83 bits per heavy atom. The minimum Gasteiger partial charge on any atom is -0.345 e. The van der Waals surface area contributed by atoms with Crippen LogP contribution in [-0.4, -0.2) is 16.8 Å². The standard InChI is InChI=1S/C14H20BrNOS/c1-3-14(2,9-15)16-13(17)12-8-10-6-4-5-7-11(10)18-12/h8H,3-7,9H2,1-2H3,(H,16,17). The van der Waals surface area contributed by atoms with E-state index in [0.717, 1.165) is 29.5 Å². The van der Waals surface area contributed by atoms with Crippen molar-refractivity contribution in [3.8, 4) is 0 Å². The molecule has 1 atom stereocenters. The quantitative estimate of drug-likeness (QED) is 0.833. The predicted molar refractivity (Wildman–Crippen MR) is 80.9 cm³/mol. The maximum absolute atomic E-state index is 12.3. The molecule has 1 heterocycles. The van der Waals surface area contributed by atoms with Crippen LogP contribution in [0.25, 0.3) is 0 Å². The van der Waals surface area contributed by atoms with E-state index in [4.69, 9.17) is 0 Å². The summed E-state index contributed by atoms with van der Waals surface area (Å²) in [7, 11) is 0. The average Bonchev–Trinajstić information content (AvgIpc) is 2.82. The van der Waals surface area contributed by atoms with E-state index < -0.39 is 0 Å². The van der Waals surface area contributed by atoms with Gasteiger partial charge in [-0.05, 0) is 50.7 Å². The summed E-state index contributed by atoms with van der Waals surface area (Å²) in [5.41, 5.74) is 1.25. The lowest BCUT2D eigenvalue weighted by Crippen LogP contribution is -2.46. The van der Waals surface area contributed by atoms with Crippen molar-refractivity contribution in [1.82, 2.24) is 5.32 Å². The van der Waals surface area contributed by atoms with Gasteiger partial charge in [0.15, 0.2) is 0 Å². The van der Waals surface area contributed by atoms with E-state index in [2.05, 4.69) is 41.2 Å². The summed E-state index contributed by atoms with van der Waals surface area (Å²) in [6.07, 6.45) is 5.75. The van der Waals surface area contributed by atoms with Gasteiger partial charge in [0.2, 0.25) is 0 Å². The average molecular weight is 330 g/mol. The Kier molecular flexibility index (Phi) is 4.49. The van der Waals surface area contributed by atoms with E-state index in [1.165, 1.54) is 23.3 Å². The zero-order valence-electron chi connectivity index (χ0n) is 11.0. The molecular weight excluding hydrogens is 310 g/mol. The number of amides is 1. The highest BCUT2D eigenvalue weighted by Crippen LogP contribution is 2.30. The van der Waals surface area contributed by atoms with Crippen LogP contribution in [0.5, 0.6) is 0 Å². The Hall–Kier alpha value is -0.350. The molecule has 0 aliphatic heterocycles. The molecule has 0 saturated carbocycles. The van der Waals surface area contributed by atoms with Gasteiger partial charge in [0.05, 0.1) is 4.88 Å². The maximum Gasteiger partial charge on any atom is 0.261 e. The number of fused-ring (bicyclic) bond motifs is 1. The van der Waals surface area contributed by atoms with Gasteiger partial charge >= 0.3 is 0 Å². The SMILES string of the molecule is CCC(C)(CBr)NC(=O)c1cc2c(s1)CCCC2. The van der Waals surface area contributed by atoms with Crippen molar-refractivity contribution in [2.45, 2.75) is 51.5 Å². The van der Waals surface area contributed by atoms with Gasteiger partial charge in [0.1, 0.15) is 0 Å². The molecule has 1 aromatic rings. The molecule has 1 amide bonds. The Morgan fingerprint density at radius 1 is 1.50 bits per heavy atom. The molecular formula is C14H20BrNOS. The number of hydrogen-bond donors (Lipinski definition) is 1. The van der Waals surface area contributed by atoms with Gasteiger partial charge in [-0.3, -0.25) is 4.79 Å². The molecule has 1 N–H and O–H groups in total. The normalized spacial score (nSPS) is 17.9. The third-order valence-corrected chi connectivity index (χ3v) is 6.18. The van der Waals surface area contributed by atoms with E-state index in [1.54, 1.807) is 11.3 Å². The Balaban J connectivity index is 2.11. The first kappa shape index (κ1) is 14.1. The van der Waals surface area contributed by atoms with Gasteiger partial charge in [-0.1, -0.05) is 22.9 Å². The number of carbonyl (C=O) groups excluding carboxylic acids is 1. The molecule has 0 fully saturated rings. The summed E-state index contributed by atoms with van der Waals surface area (Å²) in [6, 6.07) is 2.10. The van der Waals surface area contributed by atoms with Crippen LogP contribution < -0.4 is 5.32 Å². The van der Waals surface area contributed by atoms with E-state index in [0.29, 0.717) is 0 Å². The summed E-state index contributed by atoms with van der Waals surface area (Å²) < 4.78 is 0. The molecule has 100 valence electrons. The van der Waals surface area contributed by atoms with Crippen molar-refractivity contribution in [1.29, 1.82) is 0 Å². The molecule has 0 radical (unpaired) electrons. The molecule has 0 aromatic carbocycles. The summed E-state index contributed by atoms with van der Waals surface area (Å²) >= 11 is 5.16. The summed E-state index contributed by atoms with van der Waals surface area (Å²) in [5, 5.41) is 3.93. The minimum atomic E-state index is -0.151. The summed E-state index contributed by atoms with van der Waals surface area (Å²) in [4.78, 5) is 14.6. The molecule has 1 unspecified atom stereocenters. The molecule has 18 heavy (non-hydrogen) atoms. The van der Waals surface area contributed by atoms with Crippen molar-refractivity contribution in [2.75, 3.05) is 5.33 Å². The number of thiophene rings is 1. The van der Waals surface area contributed by atoms with Crippen molar-refractivity contribution in [3.05, 3.63) is 21.4 Å². The van der Waals surface area contributed by atoms with Crippen LogP contribution in [0.2, 0.25) is 0 Å². The number of halogens is 1. The third-order valence-electron chi connectivity index (χ3n) is 3.71. The fourth-order valence-corrected chi connectivity index (χ4v) is 3.84. The summed E-state index contributed by atoms with van der Waals surface area (Å²) in [5.74, 6) is 0.0817. The summed E-state index contributed by atoms with van der Waals surface area (Å²) in [6.45, 7) is 4.17. The zero-order valence-corrected chi connectivity index (χ0v) is 13.4. The molecule has 0 spiro atoms. The van der Waals surface area contributed by atoms with Crippen LogP contribution in [0, 0.1) is 0 Å². The number of nitrogens with one attached hydrogen (secondary N) is 1. The smallest absolute Gasteiger partial charge is 0.261 e. The third kappa shape index (κ3) is 2.97. The molecule has 2 rings (SSSR count). The van der Waals surface area contributed by atoms with Gasteiger partial charge in [0.25, 0.3) is 5.91 Å². The molecule has 0 saturated heterocycles. The second kappa shape index (κ2) is 5.74. The number of rotatable bonds is 4. The fourth-order valence-electron chi connectivity index (χ4n) is 2.15. The lowest BCUT2D eigenvalue weighted by Gasteiger charge is -2.26. The number of hydrogen-bond acceptors (Lipinski definition) is 2. The predicted octanol–water partition coefficient (Wildman–Crippen LogP) is 3.92. The topological polar surface area (TPSA) is 29.1 Å². The lowest BCUT2D eigenvalue weighted by atomic mass is 9.99. The second-order valence-electron chi connectivity index (χ2n) is 5.27. The van der Waals surface area contributed by atoms with Crippen LogP contribution in [0.3, 0.4) is 0 Å². The number of alkyl halides is 1. The Labute approximate surface area is 121 Å². The van der Waals surface area contributed by atoms with E-state index in [-0.39, 0.29) is 11.4 Å². The highest BCUT2D eigenvalue weighted by atomic mass is 79.9. The fraction of sp³-hybridized carbons (Fsp3) is 0.643. The number of carbonyl (C=O) groups is 1. The van der Waals surface area contributed by atoms with Gasteiger partial charge in [0, 0.05) is 15.7 Å². The molecule has 1 aliphatic carbocycles. The van der Waals surface area contributed by atoms with Crippen molar-refractivity contribution in [2.24, 2.45) is 0 Å². The number of aryl methyl sites for hydroxylation is 2. The molecule has 2 nitrogen and oxygen atoms in total. The van der Waals surface area contributed by atoms with Crippen LogP contribution in [0.1, 0.15) is 53.2 Å². The minimum absolute atomic E-state index is 0.0817.